The van der Waals surface area contributed by atoms with Crippen LogP contribution in [-0.2, 0) is 21.1 Å². The number of morpholine rings is 1. The Morgan fingerprint density at radius 2 is 2.00 bits per heavy atom. The topological polar surface area (TPSA) is 88.6 Å². The summed E-state index contributed by atoms with van der Waals surface area (Å²) in [5.74, 6) is 0.525. The summed E-state index contributed by atoms with van der Waals surface area (Å²) in [5.41, 5.74) is 1.99. The first-order valence-corrected chi connectivity index (χ1v) is 10.6. The van der Waals surface area contributed by atoms with Gasteiger partial charge in [0.15, 0.2) is 9.84 Å². The predicted octanol–water partition coefficient (Wildman–Crippen LogP) is 1.56. The number of ether oxygens (including phenoxy) is 1. The molecule has 0 bridgehead atoms. The lowest BCUT2D eigenvalue weighted by atomic mass is 10.1. The molecule has 0 atom stereocenters. The summed E-state index contributed by atoms with van der Waals surface area (Å²) in [6.45, 7) is 4.91. The summed E-state index contributed by atoms with van der Waals surface area (Å²) in [5, 5.41) is 2.88. The van der Waals surface area contributed by atoms with Crippen LogP contribution in [0.2, 0.25) is 0 Å². The highest BCUT2D eigenvalue weighted by Gasteiger charge is 2.18. The molecule has 1 aromatic carbocycles. The van der Waals surface area contributed by atoms with E-state index in [0.29, 0.717) is 25.3 Å². The third-order valence-corrected chi connectivity index (χ3v) is 5.61. The molecule has 0 radical (unpaired) electrons. The number of pyridine rings is 1. The summed E-state index contributed by atoms with van der Waals surface area (Å²) < 4.78 is 28.9. The highest BCUT2D eigenvalue weighted by Crippen LogP contribution is 2.19. The van der Waals surface area contributed by atoms with Crippen molar-refractivity contribution < 1.29 is 17.9 Å². The minimum absolute atomic E-state index is 0.133. The summed E-state index contributed by atoms with van der Waals surface area (Å²) in [7, 11) is -3.37. The second-order valence-corrected chi connectivity index (χ2v) is 8.53. The van der Waals surface area contributed by atoms with Gasteiger partial charge < -0.3 is 15.0 Å². The van der Waals surface area contributed by atoms with E-state index in [1.807, 2.05) is 12.1 Å². The second-order valence-electron chi connectivity index (χ2n) is 6.52. The molecule has 1 aliphatic rings. The number of hydrogen-bond donors (Lipinski definition) is 1. The molecule has 3 rings (SSSR count). The van der Waals surface area contributed by atoms with Gasteiger partial charge in [-0.1, -0.05) is 12.1 Å². The number of nitrogens with one attached hydrogen (secondary N) is 1. The van der Waals surface area contributed by atoms with Crippen LogP contribution in [0, 0.1) is 6.92 Å². The Labute approximate surface area is 159 Å². The number of benzene rings is 1. The number of hydrogen-bond acceptors (Lipinski definition) is 6. The van der Waals surface area contributed by atoms with Crippen LogP contribution in [0.25, 0.3) is 0 Å². The maximum Gasteiger partial charge on any atom is 0.251 e. The summed E-state index contributed by atoms with van der Waals surface area (Å²) in [4.78, 5) is 19.4. The molecule has 0 saturated carbocycles. The van der Waals surface area contributed by atoms with Crippen molar-refractivity contribution in [1.82, 2.24) is 10.3 Å². The number of rotatable bonds is 5. The van der Waals surface area contributed by atoms with Gasteiger partial charge in [0.1, 0.15) is 5.82 Å². The summed E-state index contributed by atoms with van der Waals surface area (Å²) in [6.07, 6.45) is 2.86. The molecule has 2 heterocycles. The standard InChI is InChI=1S/C19H23N3O4S/c1-14-5-6-16(27(2,24)25)12-17(14)19(23)21-13-15-4-3-7-20-18(15)22-8-10-26-11-9-22/h3-7,12H,8-11,13H2,1-2H3,(H,21,23). The minimum atomic E-state index is -3.37. The van der Waals surface area contributed by atoms with Gasteiger partial charge in [0.25, 0.3) is 5.91 Å². The number of amides is 1. The molecule has 1 aliphatic heterocycles. The largest absolute Gasteiger partial charge is 0.378 e. The van der Waals surface area contributed by atoms with Gasteiger partial charge in [-0.05, 0) is 30.7 Å². The van der Waals surface area contributed by atoms with E-state index in [0.717, 1.165) is 36.3 Å². The molecule has 1 N–H and O–H groups in total. The lowest BCUT2D eigenvalue weighted by Gasteiger charge is -2.29. The smallest absolute Gasteiger partial charge is 0.251 e. The summed E-state index contributed by atoms with van der Waals surface area (Å²) in [6, 6.07) is 8.35. The van der Waals surface area contributed by atoms with E-state index in [9.17, 15) is 13.2 Å². The van der Waals surface area contributed by atoms with E-state index < -0.39 is 9.84 Å². The van der Waals surface area contributed by atoms with Crippen LogP contribution in [0.15, 0.2) is 41.4 Å². The molecule has 1 saturated heterocycles. The number of aromatic nitrogens is 1. The number of aryl methyl sites for hydroxylation is 1. The van der Waals surface area contributed by atoms with Crippen molar-refractivity contribution in [2.75, 3.05) is 37.5 Å². The van der Waals surface area contributed by atoms with Crippen molar-refractivity contribution in [3.8, 4) is 0 Å². The van der Waals surface area contributed by atoms with Crippen molar-refractivity contribution in [2.24, 2.45) is 0 Å². The molecule has 0 unspecified atom stereocenters. The Morgan fingerprint density at radius 1 is 1.26 bits per heavy atom. The Morgan fingerprint density at radius 3 is 2.70 bits per heavy atom. The van der Waals surface area contributed by atoms with Crippen molar-refractivity contribution in [2.45, 2.75) is 18.4 Å². The summed E-state index contributed by atoms with van der Waals surface area (Å²) >= 11 is 0. The maximum atomic E-state index is 12.6. The molecule has 0 spiro atoms. The molecule has 2 aromatic rings. The van der Waals surface area contributed by atoms with Gasteiger partial charge >= 0.3 is 0 Å². The lowest BCUT2D eigenvalue weighted by molar-refractivity contribution is 0.0950. The first kappa shape index (κ1) is 19.3. The Hall–Kier alpha value is -2.45. The van der Waals surface area contributed by atoms with E-state index in [2.05, 4.69) is 15.2 Å². The van der Waals surface area contributed by atoms with E-state index in [1.165, 1.54) is 12.1 Å². The molecule has 1 fully saturated rings. The number of sulfone groups is 1. The molecule has 1 aromatic heterocycles. The van der Waals surface area contributed by atoms with Gasteiger partial charge in [0.05, 0.1) is 18.1 Å². The SMILES string of the molecule is Cc1ccc(S(C)(=O)=O)cc1C(=O)NCc1cccnc1N1CCOCC1. The zero-order valence-electron chi connectivity index (χ0n) is 15.4. The molecule has 1 amide bonds. The van der Waals surface area contributed by atoms with Crippen LogP contribution in [0.4, 0.5) is 5.82 Å². The lowest BCUT2D eigenvalue weighted by Crippen LogP contribution is -2.37. The number of carbonyl (C=O) groups excluding carboxylic acids is 1. The van der Waals surface area contributed by atoms with E-state index in [-0.39, 0.29) is 10.8 Å². The first-order chi connectivity index (χ1) is 12.9. The van der Waals surface area contributed by atoms with Gasteiger partial charge in [-0.25, -0.2) is 13.4 Å². The van der Waals surface area contributed by atoms with Gasteiger partial charge in [0.2, 0.25) is 0 Å². The van der Waals surface area contributed by atoms with Crippen LogP contribution < -0.4 is 10.2 Å². The number of carbonyl (C=O) groups is 1. The van der Waals surface area contributed by atoms with Crippen LogP contribution in [0.3, 0.4) is 0 Å². The zero-order valence-corrected chi connectivity index (χ0v) is 16.3. The average Bonchev–Trinajstić information content (AvgIpc) is 2.66. The third kappa shape index (κ3) is 4.64. The van der Waals surface area contributed by atoms with Gasteiger partial charge in [-0.3, -0.25) is 4.79 Å². The highest BCUT2D eigenvalue weighted by molar-refractivity contribution is 7.90. The van der Waals surface area contributed by atoms with Crippen LogP contribution >= 0.6 is 0 Å². The van der Waals surface area contributed by atoms with E-state index in [4.69, 9.17) is 4.74 Å². The molecule has 8 heteroatoms. The van der Waals surface area contributed by atoms with Crippen LogP contribution in [-0.4, -0.2) is 51.9 Å². The van der Waals surface area contributed by atoms with Crippen molar-refractivity contribution in [3.63, 3.8) is 0 Å². The second kappa shape index (κ2) is 8.06. The average molecular weight is 389 g/mol. The third-order valence-electron chi connectivity index (χ3n) is 4.50. The normalized spacial score (nSPS) is 14.8. The molecule has 7 nitrogen and oxygen atoms in total. The number of nitrogens with zero attached hydrogens (tertiary/aromatic N) is 2. The molecule has 27 heavy (non-hydrogen) atoms. The van der Waals surface area contributed by atoms with Gasteiger partial charge in [0, 0.05) is 43.2 Å². The Bertz CT molecular complexity index is 938. The fourth-order valence-electron chi connectivity index (χ4n) is 2.98. The molecule has 0 aliphatic carbocycles. The molecular formula is C19H23N3O4S. The zero-order chi connectivity index (χ0) is 19.4. The fraction of sp³-hybridized carbons (Fsp3) is 0.368. The predicted molar refractivity (Wildman–Crippen MR) is 103 cm³/mol. The van der Waals surface area contributed by atoms with E-state index in [1.54, 1.807) is 19.2 Å². The van der Waals surface area contributed by atoms with Gasteiger partial charge in [-0.2, -0.15) is 0 Å². The molecular weight excluding hydrogens is 366 g/mol. The Balaban J connectivity index is 1.77. The Kier molecular flexibility index (Phi) is 5.76. The minimum Gasteiger partial charge on any atom is -0.378 e. The quantitative estimate of drug-likeness (QED) is 0.835. The van der Waals surface area contributed by atoms with Crippen LogP contribution in [0.1, 0.15) is 21.5 Å². The number of anilines is 1. The van der Waals surface area contributed by atoms with Crippen LogP contribution in [0.5, 0.6) is 0 Å². The monoisotopic (exact) mass is 389 g/mol. The van der Waals surface area contributed by atoms with Crippen molar-refractivity contribution in [3.05, 3.63) is 53.2 Å². The molecule has 144 valence electrons. The van der Waals surface area contributed by atoms with E-state index >= 15 is 0 Å². The van der Waals surface area contributed by atoms with Gasteiger partial charge in [-0.15, -0.1) is 0 Å². The van der Waals surface area contributed by atoms with Crippen molar-refractivity contribution in [1.29, 1.82) is 0 Å². The fourth-order valence-corrected chi connectivity index (χ4v) is 3.62. The highest BCUT2D eigenvalue weighted by atomic mass is 32.2. The first-order valence-electron chi connectivity index (χ1n) is 8.72. The van der Waals surface area contributed by atoms with Crippen molar-refractivity contribution >= 4 is 21.6 Å². The maximum absolute atomic E-state index is 12.6.